The summed E-state index contributed by atoms with van der Waals surface area (Å²) < 4.78 is 0. The molecule has 0 aliphatic carbocycles. The van der Waals surface area contributed by atoms with Gasteiger partial charge in [0, 0.05) is 18.1 Å². The van der Waals surface area contributed by atoms with E-state index in [0.717, 1.165) is 5.56 Å². The monoisotopic (exact) mass is 285 g/mol. The Morgan fingerprint density at radius 2 is 1.90 bits per heavy atom. The summed E-state index contributed by atoms with van der Waals surface area (Å²) in [5, 5.41) is 14.3. The van der Waals surface area contributed by atoms with Gasteiger partial charge in [-0.05, 0) is 42.8 Å². The van der Waals surface area contributed by atoms with Gasteiger partial charge in [-0.3, -0.25) is 4.98 Å². The first-order valence-corrected chi connectivity index (χ1v) is 6.37. The minimum Gasteiger partial charge on any atom is -0.478 e. The second kappa shape index (κ2) is 6.51. The van der Waals surface area contributed by atoms with E-state index in [4.69, 9.17) is 5.11 Å². The molecule has 3 N–H and O–H groups in total. The number of rotatable bonds is 4. The summed E-state index contributed by atoms with van der Waals surface area (Å²) >= 11 is 0. The molecule has 0 aliphatic rings. The predicted octanol–water partition coefficient (Wildman–Crippen LogP) is 2.66. The van der Waals surface area contributed by atoms with Crippen molar-refractivity contribution < 1.29 is 14.7 Å². The zero-order valence-corrected chi connectivity index (χ0v) is 11.4. The second-order valence-corrected chi connectivity index (χ2v) is 4.49. The van der Waals surface area contributed by atoms with Crippen molar-refractivity contribution >= 4 is 17.7 Å². The lowest BCUT2D eigenvalue weighted by Gasteiger charge is -2.15. The lowest BCUT2D eigenvalue weighted by molar-refractivity contribution is 0.0697. The molecule has 0 bridgehead atoms. The Morgan fingerprint density at radius 3 is 2.57 bits per heavy atom. The summed E-state index contributed by atoms with van der Waals surface area (Å²) in [4.78, 5) is 26.7. The molecule has 2 aromatic rings. The van der Waals surface area contributed by atoms with Gasteiger partial charge in [0.2, 0.25) is 0 Å². The minimum atomic E-state index is -1.04. The van der Waals surface area contributed by atoms with Crippen LogP contribution in [0.1, 0.15) is 28.9 Å². The fourth-order valence-corrected chi connectivity index (χ4v) is 1.83. The lowest BCUT2D eigenvalue weighted by atomic mass is 10.1. The third-order valence-corrected chi connectivity index (χ3v) is 2.92. The number of carbonyl (C=O) groups is 2. The Hall–Kier alpha value is -2.89. The summed E-state index contributed by atoms with van der Waals surface area (Å²) in [5.74, 6) is -1.04. The third kappa shape index (κ3) is 4.04. The summed E-state index contributed by atoms with van der Waals surface area (Å²) in [7, 11) is 0. The number of pyridine rings is 1. The number of aromatic nitrogens is 1. The van der Waals surface area contributed by atoms with Gasteiger partial charge in [-0.1, -0.05) is 6.07 Å². The predicted molar refractivity (Wildman–Crippen MR) is 78.2 cm³/mol. The van der Waals surface area contributed by atoms with Crippen molar-refractivity contribution in [3.8, 4) is 0 Å². The molecule has 1 atom stereocenters. The Kier molecular flexibility index (Phi) is 4.50. The number of carboxylic acid groups (broad SMARTS) is 1. The van der Waals surface area contributed by atoms with Crippen molar-refractivity contribution in [1.82, 2.24) is 10.3 Å². The Labute approximate surface area is 121 Å². The number of nitrogens with one attached hydrogen (secondary N) is 2. The van der Waals surface area contributed by atoms with E-state index in [2.05, 4.69) is 15.6 Å². The molecule has 0 saturated carbocycles. The summed E-state index contributed by atoms with van der Waals surface area (Å²) in [6, 6.07) is 9.11. The average molecular weight is 285 g/mol. The number of benzene rings is 1. The zero-order valence-electron chi connectivity index (χ0n) is 11.4. The molecule has 0 aliphatic heterocycles. The maximum Gasteiger partial charge on any atom is 0.335 e. The van der Waals surface area contributed by atoms with Gasteiger partial charge in [0.15, 0.2) is 0 Å². The number of anilines is 1. The summed E-state index contributed by atoms with van der Waals surface area (Å²) in [5.41, 5.74) is 1.48. The third-order valence-electron chi connectivity index (χ3n) is 2.92. The molecule has 6 heteroatoms. The highest BCUT2D eigenvalue weighted by Crippen LogP contribution is 2.13. The van der Waals surface area contributed by atoms with Crippen LogP contribution in [0.2, 0.25) is 0 Å². The van der Waals surface area contributed by atoms with E-state index in [1.165, 1.54) is 12.1 Å². The van der Waals surface area contributed by atoms with Crippen LogP contribution >= 0.6 is 0 Å². The summed E-state index contributed by atoms with van der Waals surface area (Å²) in [6.45, 7) is 1.85. The average Bonchev–Trinajstić information content (AvgIpc) is 2.48. The van der Waals surface area contributed by atoms with E-state index in [1.54, 1.807) is 24.5 Å². The Balaban J connectivity index is 1.99. The Morgan fingerprint density at radius 1 is 1.19 bits per heavy atom. The molecule has 21 heavy (non-hydrogen) atoms. The van der Waals surface area contributed by atoms with E-state index in [1.807, 2.05) is 19.1 Å². The first kappa shape index (κ1) is 14.5. The zero-order chi connectivity index (χ0) is 15.2. The number of urea groups is 1. The highest BCUT2D eigenvalue weighted by atomic mass is 16.4. The van der Waals surface area contributed by atoms with Crippen LogP contribution in [0.5, 0.6) is 0 Å². The summed E-state index contributed by atoms with van der Waals surface area (Å²) in [6.07, 6.45) is 3.31. The molecule has 2 amide bonds. The van der Waals surface area contributed by atoms with Crippen LogP contribution in [0.4, 0.5) is 10.5 Å². The standard InChI is InChI=1S/C15H15N3O3/c1-10(11-5-7-16-8-6-11)17-15(21)18-13-4-2-3-12(9-13)14(19)20/h2-10H,1H3,(H,19,20)(H2,17,18,21). The number of carboxylic acids is 1. The molecule has 108 valence electrons. The number of aromatic carboxylic acids is 1. The van der Waals surface area contributed by atoms with Crippen LogP contribution in [0.3, 0.4) is 0 Å². The number of nitrogens with zero attached hydrogens (tertiary/aromatic N) is 1. The molecular weight excluding hydrogens is 270 g/mol. The van der Waals surface area contributed by atoms with Crippen LogP contribution in [-0.2, 0) is 0 Å². The lowest BCUT2D eigenvalue weighted by Crippen LogP contribution is -2.31. The molecule has 1 unspecified atom stereocenters. The van der Waals surface area contributed by atoms with Gasteiger partial charge in [-0.15, -0.1) is 0 Å². The maximum absolute atomic E-state index is 11.9. The molecule has 6 nitrogen and oxygen atoms in total. The SMILES string of the molecule is CC(NC(=O)Nc1cccc(C(=O)O)c1)c1ccncc1. The van der Waals surface area contributed by atoms with Crippen molar-refractivity contribution in [2.75, 3.05) is 5.32 Å². The molecule has 0 radical (unpaired) electrons. The topological polar surface area (TPSA) is 91.3 Å². The van der Waals surface area contributed by atoms with E-state index >= 15 is 0 Å². The fraction of sp³-hybridized carbons (Fsp3) is 0.133. The van der Waals surface area contributed by atoms with E-state index in [0.29, 0.717) is 5.69 Å². The van der Waals surface area contributed by atoms with E-state index in [9.17, 15) is 9.59 Å². The number of hydrogen-bond acceptors (Lipinski definition) is 3. The molecule has 0 fully saturated rings. The smallest absolute Gasteiger partial charge is 0.335 e. The fourth-order valence-electron chi connectivity index (χ4n) is 1.83. The molecule has 0 spiro atoms. The van der Waals surface area contributed by atoms with Crippen LogP contribution in [0.15, 0.2) is 48.8 Å². The maximum atomic E-state index is 11.9. The molecule has 0 saturated heterocycles. The van der Waals surface area contributed by atoms with Crippen molar-refractivity contribution in [3.63, 3.8) is 0 Å². The van der Waals surface area contributed by atoms with Gasteiger partial charge in [0.25, 0.3) is 0 Å². The first-order chi connectivity index (χ1) is 10.1. The molecule has 2 rings (SSSR count). The van der Waals surface area contributed by atoms with Crippen molar-refractivity contribution in [3.05, 3.63) is 59.9 Å². The highest BCUT2D eigenvalue weighted by Gasteiger charge is 2.10. The number of amides is 2. The van der Waals surface area contributed by atoms with Crippen molar-refractivity contribution in [1.29, 1.82) is 0 Å². The molecule has 1 aromatic carbocycles. The molecular formula is C15H15N3O3. The first-order valence-electron chi connectivity index (χ1n) is 6.37. The highest BCUT2D eigenvalue weighted by molar-refractivity contribution is 5.93. The van der Waals surface area contributed by atoms with Gasteiger partial charge in [-0.2, -0.15) is 0 Å². The number of hydrogen-bond donors (Lipinski definition) is 3. The van der Waals surface area contributed by atoms with E-state index < -0.39 is 12.0 Å². The Bertz CT molecular complexity index is 644. The van der Waals surface area contributed by atoms with Crippen LogP contribution in [0.25, 0.3) is 0 Å². The van der Waals surface area contributed by atoms with Gasteiger partial charge in [-0.25, -0.2) is 9.59 Å². The normalized spacial score (nSPS) is 11.5. The van der Waals surface area contributed by atoms with Crippen LogP contribution in [-0.4, -0.2) is 22.1 Å². The van der Waals surface area contributed by atoms with E-state index in [-0.39, 0.29) is 11.6 Å². The van der Waals surface area contributed by atoms with Gasteiger partial charge >= 0.3 is 12.0 Å². The van der Waals surface area contributed by atoms with Crippen molar-refractivity contribution in [2.45, 2.75) is 13.0 Å². The molecule has 1 heterocycles. The van der Waals surface area contributed by atoms with Crippen molar-refractivity contribution in [2.24, 2.45) is 0 Å². The number of carbonyl (C=O) groups excluding carboxylic acids is 1. The van der Waals surface area contributed by atoms with Crippen LogP contribution < -0.4 is 10.6 Å². The molecule has 1 aromatic heterocycles. The van der Waals surface area contributed by atoms with Gasteiger partial charge in [0.1, 0.15) is 0 Å². The largest absolute Gasteiger partial charge is 0.478 e. The quantitative estimate of drug-likeness (QED) is 0.805. The van der Waals surface area contributed by atoms with Gasteiger partial charge in [0.05, 0.1) is 11.6 Å². The van der Waals surface area contributed by atoms with Crippen LogP contribution in [0, 0.1) is 0 Å². The van der Waals surface area contributed by atoms with Gasteiger partial charge < -0.3 is 15.7 Å². The second-order valence-electron chi connectivity index (χ2n) is 4.49. The minimum absolute atomic E-state index is 0.120.